The summed E-state index contributed by atoms with van der Waals surface area (Å²) in [6.45, 7) is 14.4. The third-order valence-electron chi connectivity index (χ3n) is 13.4. The van der Waals surface area contributed by atoms with Crippen LogP contribution in [0.15, 0.2) is 152 Å². The van der Waals surface area contributed by atoms with Crippen molar-refractivity contribution in [2.75, 3.05) is 4.90 Å². The van der Waals surface area contributed by atoms with E-state index in [-0.39, 0.29) is 16.2 Å². The molecule has 0 unspecified atom stereocenters. The molecule has 0 bridgehead atoms. The molecule has 11 rings (SSSR count). The molecule has 0 aliphatic heterocycles. The average molecular weight is 694 g/mol. The molecule has 0 spiro atoms. The fraction of sp³-hybridized carbons (Fsp3) is 0.170. The molecule has 3 aliphatic rings. The van der Waals surface area contributed by atoms with E-state index in [0.717, 1.165) is 5.69 Å². The largest absolute Gasteiger partial charge is 0.310 e. The van der Waals surface area contributed by atoms with Gasteiger partial charge >= 0.3 is 0 Å². The molecule has 54 heavy (non-hydrogen) atoms. The normalized spacial score (nSPS) is 16.0. The average Bonchev–Trinajstić information content (AvgIpc) is 3.65. The van der Waals surface area contributed by atoms with Gasteiger partial charge < -0.3 is 4.90 Å². The lowest BCUT2D eigenvalue weighted by Crippen LogP contribution is -2.18. The predicted molar refractivity (Wildman–Crippen MR) is 229 cm³/mol. The van der Waals surface area contributed by atoms with E-state index in [4.69, 9.17) is 0 Å². The number of hydrogen-bond acceptors (Lipinski definition) is 1. The monoisotopic (exact) mass is 693 g/mol. The van der Waals surface area contributed by atoms with Crippen molar-refractivity contribution in [3.8, 4) is 33.4 Å². The zero-order valence-electron chi connectivity index (χ0n) is 31.9. The first-order chi connectivity index (χ1) is 26.0. The molecule has 0 atom stereocenters. The van der Waals surface area contributed by atoms with Crippen molar-refractivity contribution in [2.45, 2.75) is 57.8 Å². The lowest BCUT2D eigenvalue weighted by Gasteiger charge is -2.31. The Morgan fingerprint density at radius 3 is 1.61 bits per heavy atom. The Morgan fingerprint density at radius 2 is 0.870 bits per heavy atom. The molecule has 0 fully saturated rings. The number of fused-ring (bicyclic) bond motifs is 12. The van der Waals surface area contributed by atoms with E-state index in [1.54, 1.807) is 0 Å². The molecule has 1 nitrogen and oxygen atoms in total. The van der Waals surface area contributed by atoms with E-state index in [1.807, 2.05) is 0 Å². The van der Waals surface area contributed by atoms with Crippen LogP contribution in [0, 0.1) is 0 Å². The van der Waals surface area contributed by atoms with E-state index >= 15 is 0 Å². The van der Waals surface area contributed by atoms with Crippen LogP contribution in [0.4, 0.5) is 17.1 Å². The van der Waals surface area contributed by atoms with E-state index in [2.05, 4.69) is 198 Å². The van der Waals surface area contributed by atoms with Crippen LogP contribution in [0.25, 0.3) is 54.9 Å². The van der Waals surface area contributed by atoms with Crippen molar-refractivity contribution in [1.82, 2.24) is 0 Å². The number of nitrogens with zero attached hydrogens (tertiary/aromatic N) is 1. The van der Waals surface area contributed by atoms with Crippen LogP contribution in [-0.2, 0) is 16.2 Å². The highest BCUT2D eigenvalue weighted by Crippen LogP contribution is 2.58. The number of hydrogen-bond donors (Lipinski definition) is 0. The highest BCUT2D eigenvalue weighted by Gasteiger charge is 2.42. The minimum Gasteiger partial charge on any atom is -0.310 e. The first kappa shape index (κ1) is 31.6. The van der Waals surface area contributed by atoms with Gasteiger partial charge in [-0.1, -0.05) is 139 Å². The van der Waals surface area contributed by atoms with E-state index in [0.29, 0.717) is 0 Å². The molecule has 0 aromatic heterocycles. The highest BCUT2D eigenvalue weighted by molar-refractivity contribution is 6.11. The maximum Gasteiger partial charge on any atom is 0.0543 e. The van der Waals surface area contributed by atoms with Gasteiger partial charge in [0, 0.05) is 33.0 Å². The van der Waals surface area contributed by atoms with Crippen LogP contribution in [0.5, 0.6) is 0 Å². The van der Waals surface area contributed by atoms with Gasteiger partial charge in [0.15, 0.2) is 0 Å². The van der Waals surface area contributed by atoms with E-state index < -0.39 is 0 Å². The number of para-hydroxylation sites is 1. The summed E-state index contributed by atoms with van der Waals surface area (Å²) in [4.78, 5) is 2.51. The minimum absolute atomic E-state index is 0.0350. The molecule has 1 heteroatoms. The second-order valence-corrected chi connectivity index (χ2v) is 17.4. The van der Waals surface area contributed by atoms with E-state index in [9.17, 15) is 0 Å². The summed E-state index contributed by atoms with van der Waals surface area (Å²) in [5.74, 6) is 0. The lowest BCUT2D eigenvalue weighted by molar-refractivity contribution is 0.652. The maximum absolute atomic E-state index is 2.52. The zero-order chi connectivity index (χ0) is 36.7. The third-order valence-corrected chi connectivity index (χ3v) is 13.4. The highest BCUT2D eigenvalue weighted by atomic mass is 15.1. The Hall–Kier alpha value is -5.92. The van der Waals surface area contributed by atoms with Crippen LogP contribution in [0.1, 0.15) is 74.9 Å². The molecule has 0 N–H and O–H groups in total. The molecule has 260 valence electrons. The summed E-state index contributed by atoms with van der Waals surface area (Å²) in [7, 11) is 0. The van der Waals surface area contributed by atoms with Crippen molar-refractivity contribution in [3.05, 3.63) is 185 Å². The Morgan fingerprint density at radius 1 is 0.333 bits per heavy atom. The molecule has 0 heterocycles. The maximum atomic E-state index is 2.52. The van der Waals surface area contributed by atoms with E-state index in [1.165, 1.54) is 99.7 Å². The molecule has 0 saturated heterocycles. The summed E-state index contributed by atoms with van der Waals surface area (Å²) in [6, 6.07) is 57.5. The number of benzene rings is 8. The van der Waals surface area contributed by atoms with Gasteiger partial charge in [-0.05, 0) is 138 Å². The van der Waals surface area contributed by atoms with Crippen molar-refractivity contribution in [3.63, 3.8) is 0 Å². The van der Waals surface area contributed by atoms with Crippen molar-refractivity contribution in [2.24, 2.45) is 0 Å². The van der Waals surface area contributed by atoms with Gasteiger partial charge in [0.05, 0.1) is 5.69 Å². The van der Waals surface area contributed by atoms with Crippen LogP contribution >= 0.6 is 0 Å². The van der Waals surface area contributed by atoms with Crippen LogP contribution in [0.2, 0.25) is 0 Å². The first-order valence-electron chi connectivity index (χ1n) is 19.4. The van der Waals surface area contributed by atoms with Gasteiger partial charge in [-0.15, -0.1) is 0 Å². The molecule has 3 aliphatic carbocycles. The van der Waals surface area contributed by atoms with Crippen LogP contribution in [-0.4, -0.2) is 0 Å². The number of rotatable bonds is 3. The lowest BCUT2D eigenvalue weighted by atomic mass is 9.79. The Kier molecular flexibility index (Phi) is 6.21. The number of anilines is 3. The van der Waals surface area contributed by atoms with Crippen molar-refractivity contribution in [1.29, 1.82) is 0 Å². The van der Waals surface area contributed by atoms with Gasteiger partial charge in [-0.25, -0.2) is 0 Å². The molecule has 8 aromatic rings. The Labute approximate surface area is 318 Å². The zero-order valence-corrected chi connectivity index (χ0v) is 31.9. The van der Waals surface area contributed by atoms with Gasteiger partial charge in [0.25, 0.3) is 0 Å². The Bertz CT molecular complexity index is 2900. The Balaban J connectivity index is 1.13. The van der Waals surface area contributed by atoms with Gasteiger partial charge in [0.2, 0.25) is 0 Å². The summed E-state index contributed by atoms with van der Waals surface area (Å²) in [5, 5.41) is 5.16. The summed E-state index contributed by atoms with van der Waals surface area (Å²) in [6.07, 6.45) is 0. The van der Waals surface area contributed by atoms with Crippen LogP contribution < -0.4 is 4.90 Å². The standard InChI is InChI=1S/C53H43N/c1-51(2)43-23-15-14-20-36(43)40-29-47-41(30-46(40)51)37-25-24-35(28-45(37)52(47,3)4)54(34-18-8-7-9-19-34)49-31-48-50(39-22-13-12-21-38(39)49)42-26-32-16-10-11-17-33(32)27-44(42)53(48,5)6/h7-31H,1-6H3. The minimum atomic E-state index is -0.162. The molecule has 0 radical (unpaired) electrons. The molecule has 0 saturated carbocycles. The third kappa shape index (κ3) is 4.05. The summed E-state index contributed by atoms with van der Waals surface area (Å²) in [5.41, 5.74) is 19.9. The molecular weight excluding hydrogens is 651 g/mol. The first-order valence-corrected chi connectivity index (χ1v) is 19.4. The van der Waals surface area contributed by atoms with Crippen molar-refractivity contribution >= 4 is 38.6 Å². The van der Waals surface area contributed by atoms with Crippen molar-refractivity contribution < 1.29 is 0 Å². The molecule has 8 aromatic carbocycles. The fourth-order valence-corrected chi connectivity index (χ4v) is 10.5. The second-order valence-electron chi connectivity index (χ2n) is 17.4. The second kappa shape index (κ2) is 10.6. The van der Waals surface area contributed by atoms with Gasteiger partial charge in [0.1, 0.15) is 0 Å². The van der Waals surface area contributed by atoms with Gasteiger partial charge in [-0.3, -0.25) is 0 Å². The fourth-order valence-electron chi connectivity index (χ4n) is 10.5. The summed E-state index contributed by atoms with van der Waals surface area (Å²) < 4.78 is 0. The topological polar surface area (TPSA) is 3.24 Å². The quantitative estimate of drug-likeness (QED) is 0.178. The van der Waals surface area contributed by atoms with Crippen LogP contribution in [0.3, 0.4) is 0 Å². The smallest absolute Gasteiger partial charge is 0.0543 e. The molecule has 0 amide bonds. The SMILES string of the molecule is CC1(C)c2ccccc2-c2cc3c(cc21)-c1ccc(N(c2ccccc2)c2cc4c(c5ccccc25)-c2cc5ccccc5cc2C4(C)C)cc1C3(C)C. The summed E-state index contributed by atoms with van der Waals surface area (Å²) >= 11 is 0. The van der Waals surface area contributed by atoms with Gasteiger partial charge in [-0.2, -0.15) is 0 Å². The predicted octanol–water partition coefficient (Wildman–Crippen LogP) is 14.4. The molecular formula is C53H43N.